The lowest BCUT2D eigenvalue weighted by atomic mass is 10.3. The van der Waals surface area contributed by atoms with Crippen LogP contribution in [0.1, 0.15) is 0 Å². The molecule has 1 heterocycles. The number of amides is 1. The number of halogens is 1. The minimum atomic E-state index is -0.202. The fraction of sp³-hybridized carbons (Fsp3) is 0.118. The van der Waals surface area contributed by atoms with E-state index in [0.717, 1.165) is 19.3 Å². The molecule has 0 fully saturated rings. The highest BCUT2D eigenvalue weighted by atomic mass is 127. The number of hydrogen-bond acceptors (Lipinski definition) is 5. The highest BCUT2D eigenvalue weighted by molar-refractivity contribution is 14.1. The van der Waals surface area contributed by atoms with Gasteiger partial charge in [0.25, 0.3) is 5.91 Å². The molecule has 0 radical (unpaired) electrons. The number of nitrogens with one attached hydrogen (secondary N) is 1. The Balaban J connectivity index is 1.51. The quantitative estimate of drug-likeness (QED) is 0.563. The third-order valence-corrected chi connectivity index (χ3v) is 4.98. The van der Waals surface area contributed by atoms with Crippen LogP contribution in [-0.2, 0) is 11.8 Å². The molecule has 0 aliphatic carbocycles. The van der Waals surface area contributed by atoms with Crippen molar-refractivity contribution in [1.82, 2.24) is 14.8 Å². The molecule has 0 saturated carbocycles. The van der Waals surface area contributed by atoms with Crippen molar-refractivity contribution >= 4 is 45.9 Å². The number of aromatic nitrogens is 3. The molecule has 6 nitrogen and oxygen atoms in total. The second-order valence-corrected chi connectivity index (χ2v) is 7.43. The molecule has 0 unspecified atom stereocenters. The van der Waals surface area contributed by atoms with E-state index in [0.29, 0.717) is 5.75 Å². The van der Waals surface area contributed by atoms with Crippen molar-refractivity contribution in [2.45, 2.75) is 10.1 Å². The van der Waals surface area contributed by atoms with Crippen LogP contribution in [0.15, 0.2) is 64.9 Å². The van der Waals surface area contributed by atoms with Crippen LogP contribution in [0.25, 0.3) is 0 Å². The van der Waals surface area contributed by atoms with E-state index in [1.54, 1.807) is 6.33 Å². The van der Waals surface area contributed by atoms with E-state index in [4.69, 9.17) is 4.74 Å². The minimum absolute atomic E-state index is 0.0317. The van der Waals surface area contributed by atoms with Crippen molar-refractivity contribution in [2.24, 2.45) is 7.05 Å². The molecular formula is C17H15IN4O2S. The summed E-state index contributed by atoms with van der Waals surface area (Å²) in [5, 5.41) is 11.5. The van der Waals surface area contributed by atoms with Gasteiger partial charge in [0.15, 0.2) is 11.8 Å². The third-order valence-electron chi connectivity index (χ3n) is 3.20. The first kappa shape index (κ1) is 17.7. The van der Waals surface area contributed by atoms with Crippen molar-refractivity contribution in [3.05, 3.63) is 58.4 Å². The van der Waals surface area contributed by atoms with Crippen molar-refractivity contribution in [3.63, 3.8) is 0 Å². The predicted molar refractivity (Wildman–Crippen MR) is 105 cm³/mol. The summed E-state index contributed by atoms with van der Waals surface area (Å²) in [6, 6.07) is 15.1. The lowest BCUT2D eigenvalue weighted by Gasteiger charge is -2.08. The normalized spacial score (nSPS) is 10.5. The molecular weight excluding hydrogens is 451 g/mol. The molecule has 25 heavy (non-hydrogen) atoms. The molecule has 1 aromatic heterocycles. The van der Waals surface area contributed by atoms with E-state index in [9.17, 15) is 4.79 Å². The second-order valence-electron chi connectivity index (χ2n) is 5.14. The Morgan fingerprint density at radius 1 is 1.20 bits per heavy atom. The number of ether oxygens (including phenoxy) is 1. The zero-order valence-corrected chi connectivity index (χ0v) is 16.3. The molecule has 0 aliphatic rings. The zero-order chi connectivity index (χ0) is 17.6. The molecule has 0 saturated heterocycles. The van der Waals surface area contributed by atoms with E-state index in [1.807, 2.05) is 60.1 Å². The van der Waals surface area contributed by atoms with Gasteiger partial charge < -0.3 is 14.6 Å². The first-order valence-corrected chi connectivity index (χ1v) is 9.30. The Kier molecular flexibility index (Phi) is 5.92. The van der Waals surface area contributed by atoms with Crippen LogP contribution in [0, 0.1) is 3.57 Å². The lowest BCUT2D eigenvalue weighted by Crippen LogP contribution is -2.20. The fourth-order valence-electron chi connectivity index (χ4n) is 1.95. The molecule has 1 amide bonds. The number of nitrogens with zero attached hydrogens (tertiary/aromatic N) is 3. The first-order chi connectivity index (χ1) is 12.1. The Labute approximate surface area is 163 Å². The number of carbonyl (C=O) groups is 1. The molecule has 8 heteroatoms. The van der Waals surface area contributed by atoms with E-state index >= 15 is 0 Å². The van der Waals surface area contributed by atoms with Gasteiger partial charge in [0.1, 0.15) is 12.1 Å². The van der Waals surface area contributed by atoms with Crippen LogP contribution in [0.5, 0.6) is 5.75 Å². The Hall–Kier alpha value is -2.07. The Bertz CT molecular complexity index is 850. The maximum Gasteiger partial charge on any atom is 0.262 e. The molecule has 0 spiro atoms. The summed E-state index contributed by atoms with van der Waals surface area (Å²) >= 11 is 3.73. The van der Waals surface area contributed by atoms with Gasteiger partial charge in [-0.15, -0.1) is 10.2 Å². The van der Waals surface area contributed by atoms with Crippen molar-refractivity contribution in [2.75, 3.05) is 11.9 Å². The second kappa shape index (κ2) is 8.34. The summed E-state index contributed by atoms with van der Waals surface area (Å²) in [6.45, 7) is -0.0317. The van der Waals surface area contributed by atoms with Gasteiger partial charge in [0, 0.05) is 21.2 Å². The van der Waals surface area contributed by atoms with Gasteiger partial charge in [0.05, 0.1) is 0 Å². The number of hydrogen-bond donors (Lipinski definition) is 1. The van der Waals surface area contributed by atoms with Gasteiger partial charge in [-0.2, -0.15) is 0 Å². The van der Waals surface area contributed by atoms with E-state index in [2.05, 4.69) is 38.1 Å². The number of carbonyl (C=O) groups excluding carboxylic acids is 1. The van der Waals surface area contributed by atoms with Crippen LogP contribution in [0.3, 0.4) is 0 Å². The number of rotatable bonds is 6. The maximum atomic E-state index is 12.0. The maximum absolute atomic E-state index is 12.0. The van der Waals surface area contributed by atoms with E-state index < -0.39 is 0 Å². The highest BCUT2D eigenvalue weighted by Crippen LogP contribution is 2.26. The standard InChI is InChI=1S/C17H15IN4O2S/c1-22-11-19-21-17(22)25-15-8-4-13(5-9-15)20-16(23)10-24-14-6-2-12(18)3-7-14/h2-9,11H,10H2,1H3,(H,20,23). The van der Waals surface area contributed by atoms with Crippen molar-refractivity contribution < 1.29 is 9.53 Å². The van der Waals surface area contributed by atoms with Gasteiger partial charge in [-0.25, -0.2) is 0 Å². The monoisotopic (exact) mass is 466 g/mol. The smallest absolute Gasteiger partial charge is 0.262 e. The van der Waals surface area contributed by atoms with Gasteiger partial charge in [-0.3, -0.25) is 4.79 Å². The number of aryl methyl sites for hydroxylation is 1. The van der Waals surface area contributed by atoms with Gasteiger partial charge in [-0.1, -0.05) is 0 Å². The van der Waals surface area contributed by atoms with Gasteiger partial charge in [0.2, 0.25) is 0 Å². The molecule has 128 valence electrons. The van der Waals surface area contributed by atoms with E-state index in [1.165, 1.54) is 11.8 Å². The molecule has 2 aromatic carbocycles. The first-order valence-electron chi connectivity index (χ1n) is 7.40. The molecule has 0 bridgehead atoms. The molecule has 3 rings (SSSR count). The third kappa shape index (κ3) is 5.20. The summed E-state index contributed by atoms with van der Waals surface area (Å²) in [7, 11) is 1.89. The predicted octanol–water partition coefficient (Wildman–Crippen LogP) is 3.59. The van der Waals surface area contributed by atoms with Crippen molar-refractivity contribution in [1.29, 1.82) is 0 Å². The summed E-state index contributed by atoms with van der Waals surface area (Å²) in [5.74, 6) is 0.471. The summed E-state index contributed by atoms with van der Waals surface area (Å²) in [6.07, 6.45) is 1.66. The van der Waals surface area contributed by atoms with E-state index in [-0.39, 0.29) is 12.5 Å². The lowest BCUT2D eigenvalue weighted by molar-refractivity contribution is -0.118. The highest BCUT2D eigenvalue weighted by Gasteiger charge is 2.06. The SMILES string of the molecule is Cn1cnnc1Sc1ccc(NC(=O)COc2ccc(I)cc2)cc1. The average molecular weight is 466 g/mol. The Morgan fingerprint density at radius 2 is 1.92 bits per heavy atom. The molecule has 3 aromatic rings. The molecule has 0 atom stereocenters. The van der Waals surface area contributed by atoms with Crippen molar-refractivity contribution in [3.8, 4) is 5.75 Å². The van der Waals surface area contributed by atoms with Crippen LogP contribution < -0.4 is 10.1 Å². The van der Waals surface area contributed by atoms with Crippen LogP contribution in [-0.4, -0.2) is 27.3 Å². The number of benzene rings is 2. The topological polar surface area (TPSA) is 69.0 Å². The molecule has 0 aliphatic heterocycles. The minimum Gasteiger partial charge on any atom is -0.484 e. The van der Waals surface area contributed by atoms with Crippen LogP contribution >= 0.6 is 34.4 Å². The fourth-order valence-corrected chi connectivity index (χ4v) is 3.08. The summed E-state index contributed by atoms with van der Waals surface area (Å²) in [5.41, 5.74) is 0.721. The molecule has 1 N–H and O–H groups in total. The zero-order valence-electron chi connectivity index (χ0n) is 13.3. The average Bonchev–Trinajstić information content (AvgIpc) is 3.01. The van der Waals surface area contributed by atoms with Crippen LogP contribution in [0.2, 0.25) is 0 Å². The summed E-state index contributed by atoms with van der Waals surface area (Å²) < 4.78 is 8.43. The number of anilines is 1. The van der Waals surface area contributed by atoms with Gasteiger partial charge in [-0.05, 0) is 82.9 Å². The van der Waals surface area contributed by atoms with Gasteiger partial charge >= 0.3 is 0 Å². The van der Waals surface area contributed by atoms with Crippen LogP contribution in [0.4, 0.5) is 5.69 Å². The summed E-state index contributed by atoms with van der Waals surface area (Å²) in [4.78, 5) is 13.0. The largest absolute Gasteiger partial charge is 0.484 e. The Morgan fingerprint density at radius 3 is 2.56 bits per heavy atom.